The van der Waals surface area contributed by atoms with Crippen LogP contribution in [0.1, 0.15) is 27.5 Å². The Hall–Kier alpha value is -1.36. The highest BCUT2D eigenvalue weighted by atomic mass is 79.9. The van der Waals surface area contributed by atoms with Gasteiger partial charge in [-0.1, -0.05) is 0 Å². The van der Waals surface area contributed by atoms with Crippen molar-refractivity contribution >= 4 is 21.7 Å². The number of furan rings is 1. The number of Topliss-reactive ketones (excluding diaryl/α,β-unsaturated/α-hetero) is 1. The Bertz CT molecular complexity index is 569. The largest absolute Gasteiger partial charge is 0.461 e. The van der Waals surface area contributed by atoms with Crippen molar-refractivity contribution in [1.29, 1.82) is 0 Å². The number of hydrogen-bond acceptors (Lipinski definition) is 3. The lowest BCUT2D eigenvalue weighted by Gasteiger charge is -2.01. The summed E-state index contributed by atoms with van der Waals surface area (Å²) in [5.74, 6) is 0.395. The normalized spacial score (nSPS) is 10.8. The second-order valence-corrected chi connectivity index (χ2v) is 4.80. The van der Waals surface area contributed by atoms with Gasteiger partial charge in [-0.25, -0.2) is 0 Å². The van der Waals surface area contributed by atoms with E-state index in [2.05, 4.69) is 21.0 Å². The number of aromatic nitrogens is 2. The fraction of sp³-hybridized carbons (Fsp3) is 0.333. The third-order valence-corrected chi connectivity index (χ3v) is 3.74. The van der Waals surface area contributed by atoms with Gasteiger partial charge in [-0.05, 0) is 41.4 Å². The SMILES string of the molecule is Cc1ccoc1C(=O)Cc1c(Br)c(C)nn1C. The smallest absolute Gasteiger partial charge is 0.204 e. The van der Waals surface area contributed by atoms with Crippen LogP contribution in [0.15, 0.2) is 21.2 Å². The average Bonchev–Trinajstić information content (AvgIpc) is 2.78. The van der Waals surface area contributed by atoms with Crippen LogP contribution in [-0.2, 0) is 13.5 Å². The van der Waals surface area contributed by atoms with Crippen LogP contribution in [0.3, 0.4) is 0 Å². The van der Waals surface area contributed by atoms with Gasteiger partial charge in [0, 0.05) is 7.05 Å². The molecule has 0 amide bonds. The molecule has 0 spiro atoms. The molecule has 2 heterocycles. The number of carbonyl (C=O) groups excluding carboxylic acids is 1. The maximum absolute atomic E-state index is 12.1. The Morgan fingerprint density at radius 2 is 2.24 bits per heavy atom. The van der Waals surface area contributed by atoms with Crippen LogP contribution in [0.5, 0.6) is 0 Å². The summed E-state index contributed by atoms with van der Waals surface area (Å²) < 4.78 is 7.79. The molecule has 0 radical (unpaired) electrons. The van der Waals surface area contributed by atoms with Gasteiger partial charge in [0.15, 0.2) is 5.76 Å². The summed E-state index contributed by atoms with van der Waals surface area (Å²) in [7, 11) is 1.83. The summed E-state index contributed by atoms with van der Waals surface area (Å²) in [5, 5.41) is 4.25. The third kappa shape index (κ3) is 2.20. The van der Waals surface area contributed by atoms with Gasteiger partial charge in [0.2, 0.25) is 5.78 Å². The molecule has 2 aromatic rings. The van der Waals surface area contributed by atoms with E-state index in [1.165, 1.54) is 6.26 Å². The molecule has 0 aromatic carbocycles. The molecule has 0 aliphatic carbocycles. The number of rotatable bonds is 3. The highest BCUT2D eigenvalue weighted by Crippen LogP contribution is 2.22. The fourth-order valence-corrected chi connectivity index (χ4v) is 2.24. The fourth-order valence-electron chi connectivity index (χ4n) is 1.76. The molecule has 0 saturated heterocycles. The molecule has 0 aliphatic rings. The monoisotopic (exact) mass is 296 g/mol. The Kier molecular flexibility index (Phi) is 3.19. The maximum atomic E-state index is 12.1. The number of nitrogens with zero attached hydrogens (tertiary/aromatic N) is 2. The van der Waals surface area contributed by atoms with Gasteiger partial charge in [0.1, 0.15) is 0 Å². The highest BCUT2D eigenvalue weighted by Gasteiger charge is 2.18. The van der Waals surface area contributed by atoms with E-state index in [1.807, 2.05) is 20.9 Å². The maximum Gasteiger partial charge on any atom is 0.204 e. The molecular weight excluding hydrogens is 284 g/mol. The summed E-state index contributed by atoms with van der Waals surface area (Å²) >= 11 is 3.45. The van der Waals surface area contributed by atoms with E-state index in [-0.39, 0.29) is 12.2 Å². The molecule has 90 valence electrons. The van der Waals surface area contributed by atoms with Gasteiger partial charge in [0.25, 0.3) is 0 Å². The first-order valence-electron chi connectivity index (χ1n) is 5.26. The molecule has 0 aliphatic heterocycles. The molecule has 0 atom stereocenters. The lowest BCUT2D eigenvalue weighted by molar-refractivity contribution is 0.0963. The van der Waals surface area contributed by atoms with Crippen LogP contribution >= 0.6 is 15.9 Å². The molecule has 17 heavy (non-hydrogen) atoms. The van der Waals surface area contributed by atoms with Crippen LogP contribution in [0.2, 0.25) is 0 Å². The van der Waals surface area contributed by atoms with Crippen LogP contribution in [0.25, 0.3) is 0 Å². The van der Waals surface area contributed by atoms with Crippen molar-refractivity contribution in [2.75, 3.05) is 0 Å². The van der Waals surface area contributed by atoms with E-state index < -0.39 is 0 Å². The van der Waals surface area contributed by atoms with Crippen molar-refractivity contribution in [3.8, 4) is 0 Å². The second-order valence-electron chi connectivity index (χ2n) is 4.00. The van der Waals surface area contributed by atoms with Crippen molar-refractivity contribution < 1.29 is 9.21 Å². The topological polar surface area (TPSA) is 48.0 Å². The zero-order valence-electron chi connectivity index (χ0n) is 9.95. The van der Waals surface area contributed by atoms with E-state index in [4.69, 9.17) is 4.42 Å². The van der Waals surface area contributed by atoms with Crippen LogP contribution < -0.4 is 0 Å². The molecule has 0 saturated carbocycles. The zero-order chi connectivity index (χ0) is 12.6. The molecular formula is C12H13BrN2O2. The predicted molar refractivity (Wildman–Crippen MR) is 67.1 cm³/mol. The number of ketones is 1. The predicted octanol–water partition coefficient (Wildman–Crippen LogP) is 2.82. The van der Waals surface area contributed by atoms with E-state index in [9.17, 15) is 4.79 Å². The van der Waals surface area contributed by atoms with Crippen molar-refractivity contribution in [2.24, 2.45) is 7.05 Å². The average molecular weight is 297 g/mol. The van der Waals surface area contributed by atoms with Gasteiger partial charge in [-0.2, -0.15) is 5.10 Å². The molecule has 5 heteroatoms. The Morgan fingerprint density at radius 3 is 2.71 bits per heavy atom. The molecule has 4 nitrogen and oxygen atoms in total. The number of hydrogen-bond donors (Lipinski definition) is 0. The molecule has 0 unspecified atom stereocenters. The number of carbonyl (C=O) groups is 1. The first-order valence-corrected chi connectivity index (χ1v) is 6.05. The van der Waals surface area contributed by atoms with E-state index in [0.29, 0.717) is 5.76 Å². The van der Waals surface area contributed by atoms with Crippen LogP contribution in [0, 0.1) is 13.8 Å². The van der Waals surface area contributed by atoms with E-state index >= 15 is 0 Å². The first-order chi connectivity index (χ1) is 8.00. The van der Waals surface area contributed by atoms with E-state index in [0.717, 1.165) is 21.4 Å². The summed E-state index contributed by atoms with van der Waals surface area (Å²) in [6.07, 6.45) is 1.82. The summed E-state index contributed by atoms with van der Waals surface area (Å²) in [5.41, 5.74) is 2.61. The third-order valence-electron chi connectivity index (χ3n) is 2.70. The second kappa shape index (κ2) is 4.49. The Labute approximate surface area is 108 Å². The van der Waals surface area contributed by atoms with Gasteiger partial charge < -0.3 is 4.42 Å². The first kappa shape index (κ1) is 12.1. The summed E-state index contributed by atoms with van der Waals surface area (Å²) in [4.78, 5) is 12.1. The minimum absolute atomic E-state index is 0.0313. The molecule has 2 rings (SSSR count). The van der Waals surface area contributed by atoms with Crippen molar-refractivity contribution in [3.63, 3.8) is 0 Å². The lowest BCUT2D eigenvalue weighted by Crippen LogP contribution is -2.08. The molecule has 2 aromatic heterocycles. The summed E-state index contributed by atoms with van der Waals surface area (Å²) in [6.45, 7) is 3.76. The van der Waals surface area contributed by atoms with Gasteiger partial charge >= 0.3 is 0 Å². The number of halogens is 1. The van der Waals surface area contributed by atoms with Crippen molar-refractivity contribution in [1.82, 2.24) is 9.78 Å². The minimum Gasteiger partial charge on any atom is -0.461 e. The quantitative estimate of drug-likeness (QED) is 0.818. The van der Waals surface area contributed by atoms with Gasteiger partial charge in [-0.3, -0.25) is 9.48 Å². The molecule has 0 bridgehead atoms. The highest BCUT2D eigenvalue weighted by molar-refractivity contribution is 9.10. The standard InChI is InChI=1S/C12H13BrN2O2/c1-7-4-5-17-12(7)10(16)6-9-11(13)8(2)14-15(9)3/h4-5H,6H2,1-3H3. The van der Waals surface area contributed by atoms with Crippen molar-refractivity contribution in [2.45, 2.75) is 20.3 Å². The Balaban J connectivity index is 2.28. The zero-order valence-corrected chi connectivity index (χ0v) is 11.5. The van der Waals surface area contributed by atoms with Gasteiger partial charge in [-0.15, -0.1) is 0 Å². The molecule has 0 N–H and O–H groups in total. The minimum atomic E-state index is -0.0313. The molecule has 0 fully saturated rings. The number of aryl methyl sites for hydroxylation is 3. The van der Waals surface area contributed by atoms with Crippen LogP contribution in [-0.4, -0.2) is 15.6 Å². The van der Waals surface area contributed by atoms with E-state index in [1.54, 1.807) is 10.7 Å². The lowest BCUT2D eigenvalue weighted by atomic mass is 10.1. The van der Waals surface area contributed by atoms with Crippen LogP contribution in [0.4, 0.5) is 0 Å². The van der Waals surface area contributed by atoms with Gasteiger partial charge in [0.05, 0.1) is 28.5 Å². The summed E-state index contributed by atoms with van der Waals surface area (Å²) in [6, 6.07) is 1.79. The van der Waals surface area contributed by atoms with Crippen molar-refractivity contribution in [3.05, 3.63) is 39.5 Å². The Morgan fingerprint density at radius 1 is 1.53 bits per heavy atom.